The quantitative estimate of drug-likeness (QED) is 0.680. The number of hydrogen-bond donors (Lipinski definition) is 3. The van der Waals surface area contributed by atoms with Gasteiger partial charge in [-0.25, -0.2) is 4.98 Å². The van der Waals surface area contributed by atoms with Crippen molar-refractivity contribution >= 4 is 0 Å². The maximum atomic E-state index is 12.8. The fourth-order valence-corrected chi connectivity index (χ4v) is 2.59. The summed E-state index contributed by atoms with van der Waals surface area (Å²) in [5.74, 6) is -0.731. The maximum absolute atomic E-state index is 12.8. The van der Waals surface area contributed by atoms with Crippen molar-refractivity contribution in [2.45, 2.75) is 43.6 Å². The Morgan fingerprint density at radius 2 is 2.04 bits per heavy atom. The second-order valence-corrected chi connectivity index (χ2v) is 5.84. The van der Waals surface area contributed by atoms with Crippen LogP contribution < -0.4 is 4.74 Å². The summed E-state index contributed by atoms with van der Waals surface area (Å²) in [6, 6.07) is 3.13. The van der Waals surface area contributed by atoms with Crippen molar-refractivity contribution in [3.05, 3.63) is 36.5 Å². The van der Waals surface area contributed by atoms with Crippen molar-refractivity contribution in [2.24, 2.45) is 5.92 Å². The van der Waals surface area contributed by atoms with Gasteiger partial charge in [0.05, 0.1) is 6.61 Å². The van der Waals surface area contributed by atoms with Gasteiger partial charge >= 0.3 is 6.18 Å². The van der Waals surface area contributed by atoms with Gasteiger partial charge < -0.3 is 24.8 Å². The third kappa shape index (κ3) is 4.30. The highest BCUT2D eigenvalue weighted by molar-refractivity contribution is 5.18. The summed E-state index contributed by atoms with van der Waals surface area (Å²) in [5.41, 5.74) is -1.14. The molecule has 2 unspecified atom stereocenters. The van der Waals surface area contributed by atoms with Crippen LogP contribution in [0.15, 0.2) is 30.9 Å². The van der Waals surface area contributed by atoms with Crippen LogP contribution in [-0.4, -0.2) is 57.4 Å². The van der Waals surface area contributed by atoms with Crippen LogP contribution in [0.5, 0.6) is 5.88 Å². The van der Waals surface area contributed by atoms with Crippen LogP contribution in [0.1, 0.15) is 12.6 Å². The maximum Gasteiger partial charge on any atom is 0.433 e. The van der Waals surface area contributed by atoms with Crippen molar-refractivity contribution in [1.82, 2.24) is 4.98 Å². The lowest BCUT2D eigenvalue weighted by atomic mass is 9.88. The lowest BCUT2D eigenvalue weighted by Gasteiger charge is -2.43. The van der Waals surface area contributed by atoms with Crippen LogP contribution in [0.25, 0.3) is 0 Å². The molecule has 2 heterocycles. The molecule has 0 aliphatic carbocycles. The molecule has 25 heavy (non-hydrogen) atoms. The summed E-state index contributed by atoms with van der Waals surface area (Å²) in [5, 5.41) is 29.5. The highest BCUT2D eigenvalue weighted by Gasteiger charge is 2.47. The first-order valence-corrected chi connectivity index (χ1v) is 7.65. The monoisotopic (exact) mass is 363 g/mol. The SMILES string of the molecule is C=CC(C)C1O[C@H](CO)[C@H](O)[C@H](O)[C@H]1Oc1cccc(C(F)(F)F)n1. The molecule has 0 amide bonds. The van der Waals surface area contributed by atoms with Crippen molar-refractivity contribution < 1.29 is 38.0 Å². The van der Waals surface area contributed by atoms with Crippen LogP contribution in [0.4, 0.5) is 13.2 Å². The Kier molecular flexibility index (Phi) is 6.04. The first kappa shape index (κ1) is 19.6. The van der Waals surface area contributed by atoms with Gasteiger partial charge in [0.25, 0.3) is 0 Å². The van der Waals surface area contributed by atoms with E-state index < -0.39 is 49.0 Å². The number of nitrogens with zero attached hydrogens (tertiary/aromatic N) is 1. The molecule has 6 nitrogen and oxygen atoms in total. The third-order valence-corrected chi connectivity index (χ3v) is 4.06. The molecule has 2 rings (SSSR count). The Morgan fingerprint density at radius 1 is 1.36 bits per heavy atom. The fraction of sp³-hybridized carbons (Fsp3) is 0.562. The topological polar surface area (TPSA) is 92.0 Å². The van der Waals surface area contributed by atoms with Gasteiger partial charge in [-0.05, 0) is 6.07 Å². The minimum Gasteiger partial charge on any atom is -0.469 e. The van der Waals surface area contributed by atoms with Crippen LogP contribution in [0.2, 0.25) is 0 Å². The summed E-state index contributed by atoms with van der Waals surface area (Å²) >= 11 is 0. The molecule has 3 N–H and O–H groups in total. The molecule has 1 saturated heterocycles. The molecule has 1 fully saturated rings. The van der Waals surface area contributed by atoms with Gasteiger partial charge in [0.1, 0.15) is 30.1 Å². The van der Waals surface area contributed by atoms with Crippen LogP contribution >= 0.6 is 0 Å². The third-order valence-electron chi connectivity index (χ3n) is 4.06. The van der Waals surface area contributed by atoms with Gasteiger partial charge in [0.15, 0.2) is 6.10 Å². The Labute approximate surface area is 142 Å². The van der Waals surface area contributed by atoms with Crippen molar-refractivity contribution in [1.29, 1.82) is 0 Å². The number of alkyl halides is 3. The van der Waals surface area contributed by atoms with Gasteiger partial charge in [0, 0.05) is 12.0 Å². The average molecular weight is 363 g/mol. The van der Waals surface area contributed by atoms with E-state index in [4.69, 9.17) is 9.47 Å². The molecule has 9 heteroatoms. The molecule has 0 spiro atoms. The zero-order valence-corrected chi connectivity index (χ0v) is 13.4. The second-order valence-electron chi connectivity index (χ2n) is 5.84. The molecule has 1 aliphatic heterocycles. The molecule has 0 radical (unpaired) electrons. The Bertz CT molecular complexity index is 597. The second kappa shape index (κ2) is 7.69. The van der Waals surface area contributed by atoms with Crippen molar-refractivity contribution in [2.75, 3.05) is 6.61 Å². The van der Waals surface area contributed by atoms with E-state index in [1.54, 1.807) is 6.92 Å². The number of rotatable bonds is 5. The van der Waals surface area contributed by atoms with Gasteiger partial charge in [-0.15, -0.1) is 6.58 Å². The molecule has 1 aromatic rings. The van der Waals surface area contributed by atoms with Crippen LogP contribution in [0.3, 0.4) is 0 Å². The Hall–Kier alpha value is -1.68. The number of aliphatic hydroxyl groups is 3. The fourth-order valence-electron chi connectivity index (χ4n) is 2.59. The summed E-state index contributed by atoms with van der Waals surface area (Å²) in [6.45, 7) is 4.78. The predicted molar refractivity (Wildman–Crippen MR) is 80.8 cm³/mol. The minimum absolute atomic E-state index is 0.363. The van der Waals surface area contributed by atoms with Crippen LogP contribution in [-0.2, 0) is 10.9 Å². The van der Waals surface area contributed by atoms with E-state index in [1.165, 1.54) is 12.1 Å². The molecule has 1 aromatic heterocycles. The summed E-state index contributed by atoms with van der Waals surface area (Å²) in [4.78, 5) is 3.39. The summed E-state index contributed by atoms with van der Waals surface area (Å²) < 4.78 is 49.3. The van der Waals surface area contributed by atoms with E-state index in [0.717, 1.165) is 12.1 Å². The van der Waals surface area contributed by atoms with Crippen molar-refractivity contribution in [3.63, 3.8) is 0 Å². The van der Waals surface area contributed by atoms with E-state index in [-0.39, 0.29) is 11.8 Å². The number of aromatic nitrogens is 1. The van der Waals surface area contributed by atoms with Gasteiger partial charge in [-0.1, -0.05) is 19.1 Å². The van der Waals surface area contributed by atoms with Gasteiger partial charge in [-0.3, -0.25) is 0 Å². The van der Waals surface area contributed by atoms with E-state index in [2.05, 4.69) is 11.6 Å². The zero-order chi connectivity index (χ0) is 18.8. The summed E-state index contributed by atoms with van der Waals surface area (Å²) in [7, 11) is 0. The molecular weight excluding hydrogens is 343 g/mol. The van der Waals surface area contributed by atoms with Crippen molar-refractivity contribution in [3.8, 4) is 5.88 Å². The standard InChI is InChI=1S/C16H20F3NO5/c1-3-8(2)14-15(13(23)12(22)9(7-21)24-14)25-11-6-4-5-10(20-11)16(17,18)19/h3-6,8-9,12-15,21-23H,1,7H2,2H3/t8?,9-,12+,13+,14?,15-/m1/s1. The largest absolute Gasteiger partial charge is 0.469 e. The lowest BCUT2D eigenvalue weighted by molar-refractivity contribution is -0.230. The van der Waals surface area contributed by atoms with Gasteiger partial charge in [0.2, 0.25) is 5.88 Å². The van der Waals surface area contributed by atoms with Gasteiger partial charge in [-0.2, -0.15) is 13.2 Å². The Morgan fingerprint density at radius 3 is 2.60 bits per heavy atom. The molecule has 0 saturated carbocycles. The number of ether oxygens (including phenoxy) is 2. The summed E-state index contributed by atoms with van der Waals surface area (Å²) in [6.07, 6.45) is -9.16. The molecule has 0 bridgehead atoms. The van der Waals surface area contributed by atoms with E-state index in [0.29, 0.717) is 0 Å². The smallest absolute Gasteiger partial charge is 0.433 e. The molecule has 1 aliphatic rings. The highest BCUT2D eigenvalue weighted by atomic mass is 19.4. The molecule has 0 aromatic carbocycles. The average Bonchev–Trinajstić information content (AvgIpc) is 2.58. The minimum atomic E-state index is -4.64. The van der Waals surface area contributed by atoms with E-state index in [1.807, 2.05) is 0 Å². The first-order valence-electron chi connectivity index (χ1n) is 7.65. The number of pyridine rings is 1. The molecule has 6 atom stereocenters. The lowest BCUT2D eigenvalue weighted by Crippen LogP contribution is -2.61. The predicted octanol–water partition coefficient (Wildman–Crippen LogP) is 1.15. The zero-order valence-electron chi connectivity index (χ0n) is 13.4. The molecule has 140 valence electrons. The normalized spacial score (nSPS) is 31.4. The highest BCUT2D eigenvalue weighted by Crippen LogP contribution is 2.32. The van der Waals surface area contributed by atoms with E-state index in [9.17, 15) is 28.5 Å². The van der Waals surface area contributed by atoms with E-state index >= 15 is 0 Å². The number of hydrogen-bond acceptors (Lipinski definition) is 6. The first-order chi connectivity index (χ1) is 11.7. The number of halogens is 3. The Balaban J connectivity index is 2.29. The van der Waals surface area contributed by atoms with Crippen LogP contribution in [0, 0.1) is 5.92 Å². The number of aliphatic hydroxyl groups excluding tert-OH is 3. The molecular formula is C16H20F3NO5.